The van der Waals surface area contributed by atoms with Gasteiger partial charge in [0.05, 0.1) is 18.6 Å². The second kappa shape index (κ2) is 7.43. The van der Waals surface area contributed by atoms with Gasteiger partial charge in [0.2, 0.25) is 5.91 Å². The highest BCUT2D eigenvalue weighted by Crippen LogP contribution is 2.26. The van der Waals surface area contributed by atoms with Crippen LogP contribution in [0.5, 0.6) is 5.75 Å². The molecule has 1 aliphatic rings. The Balaban J connectivity index is 1.95. The fourth-order valence-electron chi connectivity index (χ4n) is 2.68. The summed E-state index contributed by atoms with van der Waals surface area (Å²) in [6.07, 6.45) is 0.811. The van der Waals surface area contributed by atoms with E-state index in [1.54, 1.807) is 7.11 Å². The standard InChI is InChI=1S/C16H24N2O3/c1-3-21-14-6-4-5-13(9-14)10-18-15(19)16(12-20-2)7-8-17-11-16/h4-6,9,17H,3,7-8,10-12H2,1-2H3,(H,18,19). The summed E-state index contributed by atoms with van der Waals surface area (Å²) in [5, 5.41) is 6.26. The minimum atomic E-state index is -0.438. The van der Waals surface area contributed by atoms with E-state index in [0.717, 1.165) is 24.3 Å². The van der Waals surface area contributed by atoms with Gasteiger partial charge in [-0.1, -0.05) is 12.1 Å². The summed E-state index contributed by atoms with van der Waals surface area (Å²) in [5.74, 6) is 0.884. The van der Waals surface area contributed by atoms with Crippen molar-refractivity contribution >= 4 is 5.91 Å². The SMILES string of the molecule is CCOc1cccc(CNC(=O)C2(COC)CCNC2)c1. The average Bonchev–Trinajstić information content (AvgIpc) is 2.96. The molecule has 1 aliphatic heterocycles. The molecule has 1 amide bonds. The molecule has 1 aromatic rings. The van der Waals surface area contributed by atoms with Gasteiger partial charge in [0, 0.05) is 20.2 Å². The van der Waals surface area contributed by atoms with Crippen molar-refractivity contribution in [2.45, 2.75) is 19.9 Å². The molecule has 116 valence electrons. The van der Waals surface area contributed by atoms with Gasteiger partial charge in [-0.05, 0) is 37.6 Å². The summed E-state index contributed by atoms with van der Waals surface area (Å²) >= 11 is 0. The van der Waals surface area contributed by atoms with Crippen molar-refractivity contribution in [1.29, 1.82) is 0 Å². The van der Waals surface area contributed by atoms with Crippen molar-refractivity contribution < 1.29 is 14.3 Å². The molecule has 1 unspecified atom stereocenters. The first-order chi connectivity index (χ1) is 10.2. The van der Waals surface area contributed by atoms with Gasteiger partial charge in [0.25, 0.3) is 0 Å². The van der Waals surface area contributed by atoms with Crippen molar-refractivity contribution in [3.05, 3.63) is 29.8 Å². The summed E-state index contributed by atoms with van der Waals surface area (Å²) < 4.78 is 10.7. The number of rotatable bonds is 7. The number of nitrogens with one attached hydrogen (secondary N) is 2. The Morgan fingerprint density at radius 1 is 1.48 bits per heavy atom. The fourth-order valence-corrected chi connectivity index (χ4v) is 2.68. The van der Waals surface area contributed by atoms with E-state index in [2.05, 4.69) is 10.6 Å². The number of benzene rings is 1. The highest BCUT2D eigenvalue weighted by molar-refractivity contribution is 5.83. The molecule has 21 heavy (non-hydrogen) atoms. The second-order valence-electron chi connectivity index (χ2n) is 5.40. The van der Waals surface area contributed by atoms with Gasteiger partial charge in [-0.3, -0.25) is 4.79 Å². The molecule has 0 bridgehead atoms. The lowest BCUT2D eigenvalue weighted by Crippen LogP contribution is -2.45. The third-order valence-corrected chi connectivity index (χ3v) is 3.81. The van der Waals surface area contributed by atoms with Crippen molar-refractivity contribution in [3.63, 3.8) is 0 Å². The minimum Gasteiger partial charge on any atom is -0.494 e. The Hall–Kier alpha value is -1.59. The van der Waals surface area contributed by atoms with Crippen LogP contribution in [0.4, 0.5) is 0 Å². The lowest BCUT2D eigenvalue weighted by atomic mass is 9.87. The Morgan fingerprint density at radius 3 is 3.00 bits per heavy atom. The molecule has 1 atom stereocenters. The zero-order chi connectivity index (χ0) is 15.1. The summed E-state index contributed by atoms with van der Waals surface area (Å²) in [7, 11) is 1.64. The molecule has 0 saturated carbocycles. The topological polar surface area (TPSA) is 59.6 Å². The predicted octanol–water partition coefficient (Wildman–Crippen LogP) is 1.33. The monoisotopic (exact) mass is 292 g/mol. The molecule has 1 heterocycles. The number of hydrogen-bond donors (Lipinski definition) is 2. The number of carbonyl (C=O) groups excluding carboxylic acids is 1. The van der Waals surface area contributed by atoms with E-state index in [1.165, 1.54) is 0 Å². The normalized spacial score (nSPS) is 21.2. The lowest BCUT2D eigenvalue weighted by molar-refractivity contribution is -0.133. The van der Waals surface area contributed by atoms with Gasteiger partial charge in [0.15, 0.2) is 0 Å². The number of carbonyl (C=O) groups is 1. The quantitative estimate of drug-likeness (QED) is 0.796. The first kappa shape index (κ1) is 15.8. The molecule has 2 N–H and O–H groups in total. The smallest absolute Gasteiger partial charge is 0.230 e. The molecular formula is C16H24N2O3. The van der Waals surface area contributed by atoms with E-state index in [9.17, 15) is 4.79 Å². The number of amides is 1. The Bertz CT molecular complexity index is 470. The van der Waals surface area contributed by atoms with E-state index in [4.69, 9.17) is 9.47 Å². The fraction of sp³-hybridized carbons (Fsp3) is 0.562. The first-order valence-corrected chi connectivity index (χ1v) is 7.40. The van der Waals surface area contributed by atoms with Gasteiger partial charge >= 0.3 is 0 Å². The van der Waals surface area contributed by atoms with Crippen molar-refractivity contribution in [2.75, 3.05) is 33.4 Å². The molecule has 0 spiro atoms. The molecule has 1 saturated heterocycles. The molecule has 1 aromatic carbocycles. The summed E-state index contributed by atoms with van der Waals surface area (Å²) in [5.41, 5.74) is 0.597. The Morgan fingerprint density at radius 2 is 2.33 bits per heavy atom. The van der Waals surface area contributed by atoms with Gasteiger partial charge in [-0.25, -0.2) is 0 Å². The van der Waals surface area contributed by atoms with Crippen LogP contribution < -0.4 is 15.4 Å². The van der Waals surface area contributed by atoms with Gasteiger partial charge < -0.3 is 20.1 Å². The van der Waals surface area contributed by atoms with Gasteiger partial charge in [-0.15, -0.1) is 0 Å². The van der Waals surface area contributed by atoms with Crippen LogP contribution >= 0.6 is 0 Å². The van der Waals surface area contributed by atoms with E-state index in [0.29, 0.717) is 26.3 Å². The predicted molar refractivity (Wildman–Crippen MR) is 81.3 cm³/mol. The van der Waals surface area contributed by atoms with Crippen LogP contribution in [0.25, 0.3) is 0 Å². The maximum absolute atomic E-state index is 12.5. The largest absolute Gasteiger partial charge is 0.494 e. The maximum Gasteiger partial charge on any atom is 0.230 e. The third-order valence-electron chi connectivity index (χ3n) is 3.81. The van der Waals surface area contributed by atoms with Crippen LogP contribution in [0.1, 0.15) is 18.9 Å². The lowest BCUT2D eigenvalue weighted by Gasteiger charge is -2.26. The Kier molecular flexibility index (Phi) is 5.59. The summed E-state index contributed by atoms with van der Waals surface area (Å²) in [6, 6.07) is 7.80. The highest BCUT2D eigenvalue weighted by Gasteiger charge is 2.41. The van der Waals surface area contributed by atoms with Crippen LogP contribution in [0.2, 0.25) is 0 Å². The zero-order valence-corrected chi connectivity index (χ0v) is 12.8. The van der Waals surface area contributed by atoms with E-state index < -0.39 is 5.41 Å². The summed E-state index contributed by atoms with van der Waals surface area (Å²) in [6.45, 7) is 5.08. The van der Waals surface area contributed by atoms with E-state index in [-0.39, 0.29) is 5.91 Å². The third kappa shape index (κ3) is 3.95. The number of ether oxygens (including phenoxy) is 2. The van der Waals surface area contributed by atoms with Crippen LogP contribution in [0.3, 0.4) is 0 Å². The van der Waals surface area contributed by atoms with E-state index in [1.807, 2.05) is 31.2 Å². The molecule has 5 heteroatoms. The van der Waals surface area contributed by atoms with Crippen molar-refractivity contribution in [3.8, 4) is 5.75 Å². The van der Waals surface area contributed by atoms with Crippen molar-refractivity contribution in [2.24, 2.45) is 5.41 Å². The van der Waals surface area contributed by atoms with Crippen LogP contribution in [-0.2, 0) is 16.1 Å². The number of hydrogen-bond acceptors (Lipinski definition) is 4. The molecule has 1 fully saturated rings. The second-order valence-corrected chi connectivity index (χ2v) is 5.40. The molecule has 5 nitrogen and oxygen atoms in total. The molecule has 0 radical (unpaired) electrons. The van der Waals surface area contributed by atoms with Crippen LogP contribution in [0, 0.1) is 5.41 Å². The Labute approximate surface area is 126 Å². The van der Waals surface area contributed by atoms with Crippen LogP contribution in [0.15, 0.2) is 24.3 Å². The average molecular weight is 292 g/mol. The molecule has 0 aromatic heterocycles. The zero-order valence-electron chi connectivity index (χ0n) is 12.8. The molecule has 2 rings (SSSR count). The minimum absolute atomic E-state index is 0.0520. The molecular weight excluding hydrogens is 268 g/mol. The number of methoxy groups -OCH3 is 1. The van der Waals surface area contributed by atoms with Gasteiger partial charge in [-0.2, -0.15) is 0 Å². The first-order valence-electron chi connectivity index (χ1n) is 7.40. The van der Waals surface area contributed by atoms with E-state index >= 15 is 0 Å². The van der Waals surface area contributed by atoms with Crippen molar-refractivity contribution in [1.82, 2.24) is 10.6 Å². The summed E-state index contributed by atoms with van der Waals surface area (Å²) in [4.78, 5) is 12.5. The van der Waals surface area contributed by atoms with Crippen LogP contribution in [-0.4, -0.2) is 39.3 Å². The van der Waals surface area contributed by atoms with Gasteiger partial charge in [0.1, 0.15) is 5.75 Å². The maximum atomic E-state index is 12.5. The highest BCUT2D eigenvalue weighted by atomic mass is 16.5. The molecule has 0 aliphatic carbocycles.